The quantitative estimate of drug-likeness (QED) is 0.467. The Morgan fingerprint density at radius 3 is 1.77 bits per heavy atom. The number of benzene rings is 3. The highest BCUT2D eigenvalue weighted by molar-refractivity contribution is 5.30. The largest absolute Gasteiger partial charge is 0.365 e. The summed E-state index contributed by atoms with van der Waals surface area (Å²) in [6.45, 7) is 0.988. The third-order valence-electron chi connectivity index (χ3n) is 6.72. The van der Waals surface area contributed by atoms with E-state index < -0.39 is 0 Å². The molecule has 160 valence electrons. The highest BCUT2D eigenvalue weighted by Crippen LogP contribution is 2.40. The van der Waals surface area contributed by atoms with Crippen LogP contribution in [0.2, 0.25) is 0 Å². The summed E-state index contributed by atoms with van der Waals surface area (Å²) in [6, 6.07) is 24.6. The van der Waals surface area contributed by atoms with Gasteiger partial charge in [-0.2, -0.15) is 0 Å². The zero-order valence-electron chi connectivity index (χ0n) is 17.5. The molecule has 0 amide bonds. The molecule has 0 radical (unpaired) electrons. The van der Waals surface area contributed by atoms with E-state index in [9.17, 15) is 8.78 Å². The minimum absolute atomic E-state index is 0.129. The zero-order chi connectivity index (χ0) is 21.2. The Hall–Kier alpha value is -2.56. The van der Waals surface area contributed by atoms with Crippen molar-refractivity contribution in [2.24, 2.45) is 0 Å². The fourth-order valence-corrected chi connectivity index (χ4v) is 5.20. The van der Waals surface area contributed by atoms with Crippen molar-refractivity contribution in [2.75, 3.05) is 0 Å². The van der Waals surface area contributed by atoms with Crippen molar-refractivity contribution in [3.8, 4) is 0 Å². The van der Waals surface area contributed by atoms with Crippen LogP contribution in [0, 0.1) is 11.6 Å². The first-order chi connectivity index (χ1) is 15.2. The lowest BCUT2D eigenvalue weighted by molar-refractivity contribution is -0.0501. The monoisotopic (exact) mass is 419 g/mol. The van der Waals surface area contributed by atoms with Crippen LogP contribution in [0.1, 0.15) is 48.5 Å². The molecule has 0 N–H and O–H groups in total. The molecule has 0 aromatic heterocycles. The molecule has 31 heavy (non-hydrogen) atoms. The van der Waals surface area contributed by atoms with Crippen molar-refractivity contribution in [2.45, 2.75) is 56.5 Å². The van der Waals surface area contributed by atoms with Crippen LogP contribution >= 0.6 is 0 Å². The highest BCUT2D eigenvalue weighted by atomic mass is 19.1. The lowest BCUT2D eigenvalue weighted by Gasteiger charge is -2.40. The third kappa shape index (κ3) is 4.56. The Morgan fingerprint density at radius 1 is 0.742 bits per heavy atom. The standard InChI is InChI=1S/C27H27F2NO/c28-22-10-6-20(7-11-22)27(21-8-12-23(29)13-9-21)31-26-16-24-14-15-25(17-26)30(24)18-19-4-2-1-3-5-19/h1-13,24-27H,14-18H2/t24-,25+,26?. The van der Waals surface area contributed by atoms with Gasteiger partial charge in [0.25, 0.3) is 0 Å². The lowest BCUT2D eigenvalue weighted by atomic mass is 9.96. The van der Waals surface area contributed by atoms with Gasteiger partial charge in [0.1, 0.15) is 17.7 Å². The molecule has 0 aliphatic carbocycles. The maximum absolute atomic E-state index is 13.5. The van der Waals surface area contributed by atoms with Crippen molar-refractivity contribution in [1.82, 2.24) is 4.90 Å². The number of rotatable bonds is 6. The van der Waals surface area contributed by atoms with Crippen molar-refractivity contribution in [1.29, 1.82) is 0 Å². The van der Waals surface area contributed by atoms with E-state index in [0.717, 1.165) is 30.5 Å². The van der Waals surface area contributed by atoms with Crippen molar-refractivity contribution >= 4 is 0 Å². The molecule has 2 saturated heterocycles. The van der Waals surface area contributed by atoms with Gasteiger partial charge in [-0.3, -0.25) is 4.90 Å². The van der Waals surface area contributed by atoms with E-state index in [4.69, 9.17) is 4.74 Å². The predicted molar refractivity (Wildman–Crippen MR) is 118 cm³/mol. The van der Waals surface area contributed by atoms with Gasteiger partial charge in [0.05, 0.1) is 6.10 Å². The average Bonchev–Trinajstić information content (AvgIpc) is 3.02. The van der Waals surface area contributed by atoms with Gasteiger partial charge < -0.3 is 4.74 Å². The average molecular weight is 420 g/mol. The SMILES string of the molecule is Fc1ccc(C(OC2C[C@H]3CC[C@@H](C2)N3Cc2ccccc2)c2ccc(F)cc2)cc1. The number of fused-ring (bicyclic) bond motifs is 2. The van der Waals surface area contributed by atoms with Crippen LogP contribution in [0.25, 0.3) is 0 Å². The van der Waals surface area contributed by atoms with Gasteiger partial charge in [-0.1, -0.05) is 54.6 Å². The fraction of sp³-hybridized carbons (Fsp3) is 0.333. The lowest BCUT2D eigenvalue weighted by Crippen LogP contribution is -2.45. The van der Waals surface area contributed by atoms with Crippen molar-refractivity contribution < 1.29 is 13.5 Å². The van der Waals surface area contributed by atoms with Crippen LogP contribution in [0.4, 0.5) is 8.78 Å². The van der Waals surface area contributed by atoms with Crippen molar-refractivity contribution in [3.63, 3.8) is 0 Å². The Bertz CT molecular complexity index is 931. The van der Waals surface area contributed by atoms with E-state index in [1.54, 1.807) is 24.3 Å². The number of nitrogens with zero attached hydrogens (tertiary/aromatic N) is 1. The van der Waals surface area contributed by atoms with Crippen LogP contribution in [-0.2, 0) is 11.3 Å². The summed E-state index contributed by atoms with van der Waals surface area (Å²) in [5.74, 6) is -0.539. The van der Waals surface area contributed by atoms with E-state index in [0.29, 0.717) is 12.1 Å². The molecule has 3 aromatic carbocycles. The number of piperidine rings is 1. The first kappa shape index (κ1) is 20.3. The minimum Gasteiger partial charge on any atom is -0.365 e. The van der Waals surface area contributed by atoms with E-state index in [-0.39, 0.29) is 23.8 Å². The van der Waals surface area contributed by atoms with Gasteiger partial charge >= 0.3 is 0 Å². The molecule has 0 saturated carbocycles. The summed E-state index contributed by atoms with van der Waals surface area (Å²) < 4.78 is 33.7. The summed E-state index contributed by atoms with van der Waals surface area (Å²) >= 11 is 0. The number of halogens is 2. The van der Waals surface area contributed by atoms with Crippen LogP contribution in [-0.4, -0.2) is 23.1 Å². The molecule has 5 rings (SSSR count). The number of hydrogen-bond acceptors (Lipinski definition) is 2. The molecule has 2 fully saturated rings. The van der Waals surface area contributed by atoms with Crippen LogP contribution < -0.4 is 0 Å². The maximum atomic E-state index is 13.5. The van der Waals surface area contributed by atoms with E-state index in [1.807, 2.05) is 0 Å². The molecule has 1 unspecified atom stereocenters. The first-order valence-electron chi connectivity index (χ1n) is 11.1. The summed E-state index contributed by atoms with van der Waals surface area (Å²) in [5, 5.41) is 0. The van der Waals surface area contributed by atoms with Gasteiger partial charge in [0.15, 0.2) is 0 Å². The second kappa shape index (κ2) is 8.89. The number of ether oxygens (including phenoxy) is 1. The molecular formula is C27H27F2NO. The maximum Gasteiger partial charge on any atom is 0.123 e. The Kier molecular flexibility index (Phi) is 5.84. The highest BCUT2D eigenvalue weighted by Gasteiger charge is 2.41. The van der Waals surface area contributed by atoms with Crippen LogP contribution in [0.5, 0.6) is 0 Å². The molecule has 3 atom stereocenters. The second-order valence-electron chi connectivity index (χ2n) is 8.76. The van der Waals surface area contributed by atoms with Gasteiger partial charge in [-0.15, -0.1) is 0 Å². The summed E-state index contributed by atoms with van der Waals surface area (Å²) in [7, 11) is 0. The Balaban J connectivity index is 1.33. The Morgan fingerprint density at radius 2 is 1.26 bits per heavy atom. The summed E-state index contributed by atoms with van der Waals surface area (Å²) in [6.07, 6.45) is 4.19. The third-order valence-corrected chi connectivity index (χ3v) is 6.72. The molecule has 2 nitrogen and oxygen atoms in total. The van der Waals surface area contributed by atoms with E-state index in [1.165, 1.54) is 42.7 Å². The summed E-state index contributed by atoms with van der Waals surface area (Å²) in [4.78, 5) is 2.64. The summed E-state index contributed by atoms with van der Waals surface area (Å²) in [5.41, 5.74) is 3.15. The minimum atomic E-state index is -0.328. The molecule has 3 aromatic rings. The van der Waals surface area contributed by atoms with Gasteiger partial charge in [0, 0.05) is 18.6 Å². The van der Waals surface area contributed by atoms with Gasteiger partial charge in [-0.25, -0.2) is 8.78 Å². The Labute approximate surface area is 182 Å². The van der Waals surface area contributed by atoms with E-state index >= 15 is 0 Å². The molecule has 0 spiro atoms. The smallest absolute Gasteiger partial charge is 0.123 e. The van der Waals surface area contributed by atoms with E-state index in [2.05, 4.69) is 35.2 Å². The van der Waals surface area contributed by atoms with Crippen LogP contribution in [0.3, 0.4) is 0 Å². The van der Waals surface area contributed by atoms with Gasteiger partial charge in [0.2, 0.25) is 0 Å². The zero-order valence-corrected chi connectivity index (χ0v) is 17.5. The van der Waals surface area contributed by atoms with Crippen LogP contribution in [0.15, 0.2) is 78.9 Å². The van der Waals surface area contributed by atoms with Gasteiger partial charge in [-0.05, 0) is 66.6 Å². The number of hydrogen-bond donors (Lipinski definition) is 0. The predicted octanol–water partition coefficient (Wildman–Crippen LogP) is 6.27. The molecule has 2 aliphatic heterocycles. The van der Waals surface area contributed by atoms with Crippen molar-refractivity contribution in [3.05, 3.63) is 107 Å². The molecule has 4 heteroatoms. The topological polar surface area (TPSA) is 12.5 Å². The normalized spacial score (nSPS) is 23.4. The molecular weight excluding hydrogens is 392 g/mol. The molecule has 2 aliphatic rings. The fourth-order valence-electron chi connectivity index (χ4n) is 5.20. The molecule has 2 bridgehead atoms. The molecule has 2 heterocycles. The first-order valence-corrected chi connectivity index (χ1v) is 11.1. The second-order valence-corrected chi connectivity index (χ2v) is 8.76.